The number of amidine groups is 2. The molecular weight excluding hydrogens is 456 g/mol. The molecule has 0 aliphatic carbocycles. The lowest BCUT2D eigenvalue weighted by Crippen LogP contribution is -2.31. The number of rotatable bonds is 12. The Kier molecular flexibility index (Phi) is 11.4. The fourth-order valence-electron chi connectivity index (χ4n) is 4.19. The highest BCUT2D eigenvalue weighted by atomic mass is 32.2. The SMILES string of the molecule is CCCC(=NCC)N(CC)c1ccc(S(=O)(=O)c2ccc(N(CC)C(CCC)=NCC)cc2)cc1. The van der Waals surface area contributed by atoms with Gasteiger partial charge in [0, 0.05) is 50.4 Å². The second-order valence-corrected chi connectivity index (χ2v) is 10.2. The molecule has 0 saturated heterocycles. The molecule has 0 radical (unpaired) electrons. The minimum atomic E-state index is -3.62. The Morgan fingerprint density at radius 3 is 1.23 bits per heavy atom. The smallest absolute Gasteiger partial charge is 0.206 e. The zero-order chi connectivity index (χ0) is 25.8. The summed E-state index contributed by atoms with van der Waals surface area (Å²) in [6.45, 7) is 15.5. The van der Waals surface area contributed by atoms with Crippen LogP contribution in [0.1, 0.15) is 67.2 Å². The molecule has 0 aromatic heterocycles. The molecule has 2 aromatic carbocycles. The Hall–Kier alpha value is -2.67. The van der Waals surface area contributed by atoms with Gasteiger partial charge in [-0.2, -0.15) is 0 Å². The molecular formula is C28H42N4O2S. The molecule has 0 unspecified atom stereocenters. The topological polar surface area (TPSA) is 65.3 Å². The molecule has 2 rings (SSSR count). The van der Waals surface area contributed by atoms with Crippen LogP contribution in [0.5, 0.6) is 0 Å². The third-order valence-corrected chi connectivity index (χ3v) is 7.59. The predicted octanol–water partition coefficient (Wildman–Crippen LogP) is 6.61. The van der Waals surface area contributed by atoms with E-state index in [4.69, 9.17) is 0 Å². The highest BCUT2D eigenvalue weighted by Gasteiger charge is 2.20. The van der Waals surface area contributed by atoms with Crippen molar-refractivity contribution in [3.05, 3.63) is 48.5 Å². The zero-order valence-corrected chi connectivity index (χ0v) is 23.1. The molecule has 0 heterocycles. The summed E-state index contributed by atoms with van der Waals surface area (Å²) < 4.78 is 26.7. The van der Waals surface area contributed by atoms with Crippen LogP contribution < -0.4 is 9.80 Å². The molecule has 0 amide bonds. The summed E-state index contributed by atoms with van der Waals surface area (Å²) in [6, 6.07) is 14.3. The van der Waals surface area contributed by atoms with Gasteiger partial charge in [0.05, 0.1) is 9.79 Å². The number of benzene rings is 2. The van der Waals surface area contributed by atoms with Crippen LogP contribution >= 0.6 is 0 Å². The minimum Gasteiger partial charge on any atom is -0.330 e. The average molecular weight is 499 g/mol. The second-order valence-electron chi connectivity index (χ2n) is 8.26. The number of hydrogen-bond acceptors (Lipinski definition) is 4. The Morgan fingerprint density at radius 1 is 0.629 bits per heavy atom. The lowest BCUT2D eigenvalue weighted by Gasteiger charge is -2.25. The standard InChI is InChI=1S/C28H42N4O2S/c1-7-13-27(29-9-3)31(11-5)23-15-19-25(20-16-23)35(33,34)26-21-17-24(18-22-26)32(12-6)28(14-8-2)30-10-4/h15-22H,7-14H2,1-6H3. The molecule has 0 aliphatic rings. The van der Waals surface area contributed by atoms with Crippen molar-refractivity contribution in [1.82, 2.24) is 0 Å². The van der Waals surface area contributed by atoms with E-state index in [2.05, 4.69) is 47.5 Å². The molecule has 0 spiro atoms. The van der Waals surface area contributed by atoms with Crippen molar-refractivity contribution in [2.75, 3.05) is 36.0 Å². The summed E-state index contributed by atoms with van der Waals surface area (Å²) in [5, 5.41) is 0. The van der Waals surface area contributed by atoms with Crippen molar-refractivity contribution in [3.63, 3.8) is 0 Å². The molecule has 35 heavy (non-hydrogen) atoms. The number of anilines is 2. The van der Waals surface area contributed by atoms with Gasteiger partial charge in [0.25, 0.3) is 0 Å². The van der Waals surface area contributed by atoms with Crippen LogP contribution in [0.3, 0.4) is 0 Å². The van der Waals surface area contributed by atoms with Gasteiger partial charge in [-0.3, -0.25) is 9.98 Å². The molecule has 0 saturated carbocycles. The van der Waals surface area contributed by atoms with Gasteiger partial charge in [-0.15, -0.1) is 0 Å². The van der Waals surface area contributed by atoms with E-state index in [1.165, 1.54) is 0 Å². The van der Waals surface area contributed by atoms with Crippen molar-refractivity contribution in [2.24, 2.45) is 9.98 Å². The van der Waals surface area contributed by atoms with E-state index < -0.39 is 9.84 Å². The van der Waals surface area contributed by atoms with Crippen molar-refractivity contribution in [1.29, 1.82) is 0 Å². The van der Waals surface area contributed by atoms with Gasteiger partial charge in [0.1, 0.15) is 11.7 Å². The molecule has 192 valence electrons. The minimum absolute atomic E-state index is 0.293. The van der Waals surface area contributed by atoms with E-state index in [9.17, 15) is 8.42 Å². The molecule has 0 aliphatic heterocycles. The van der Waals surface area contributed by atoms with Crippen LogP contribution in [0.25, 0.3) is 0 Å². The summed E-state index contributed by atoms with van der Waals surface area (Å²) in [6.07, 6.45) is 3.81. The fraction of sp³-hybridized carbons (Fsp3) is 0.500. The summed E-state index contributed by atoms with van der Waals surface area (Å²) in [5.74, 6) is 2.08. The summed E-state index contributed by atoms with van der Waals surface area (Å²) in [4.78, 5) is 14.2. The normalized spacial score (nSPS) is 12.6. The first-order valence-corrected chi connectivity index (χ1v) is 14.4. The van der Waals surface area contributed by atoms with Crippen molar-refractivity contribution in [2.45, 2.75) is 77.0 Å². The molecule has 2 aromatic rings. The Balaban J connectivity index is 2.32. The van der Waals surface area contributed by atoms with Crippen molar-refractivity contribution >= 4 is 32.9 Å². The highest BCUT2D eigenvalue weighted by Crippen LogP contribution is 2.27. The first kappa shape index (κ1) is 28.6. The first-order valence-electron chi connectivity index (χ1n) is 12.9. The maximum absolute atomic E-state index is 13.3. The van der Waals surface area contributed by atoms with Gasteiger partial charge >= 0.3 is 0 Å². The van der Waals surface area contributed by atoms with Gasteiger partial charge < -0.3 is 9.80 Å². The lowest BCUT2D eigenvalue weighted by atomic mass is 10.2. The maximum Gasteiger partial charge on any atom is 0.206 e. The van der Waals surface area contributed by atoms with Crippen LogP contribution in [0, 0.1) is 0 Å². The third kappa shape index (κ3) is 7.17. The van der Waals surface area contributed by atoms with E-state index >= 15 is 0 Å². The Bertz CT molecular complexity index is 993. The highest BCUT2D eigenvalue weighted by molar-refractivity contribution is 7.91. The number of aliphatic imine (C=N–C) groups is 2. The van der Waals surface area contributed by atoms with E-state index in [1.54, 1.807) is 24.3 Å². The van der Waals surface area contributed by atoms with Crippen molar-refractivity contribution in [3.8, 4) is 0 Å². The predicted molar refractivity (Wildman–Crippen MR) is 150 cm³/mol. The van der Waals surface area contributed by atoms with Gasteiger partial charge in [0.15, 0.2) is 0 Å². The lowest BCUT2D eigenvalue weighted by molar-refractivity contribution is 0.596. The summed E-state index contributed by atoms with van der Waals surface area (Å²) >= 11 is 0. The van der Waals surface area contributed by atoms with Crippen LogP contribution in [0.4, 0.5) is 11.4 Å². The molecule has 0 fully saturated rings. The Labute approximate surface area is 212 Å². The molecule has 6 nitrogen and oxygen atoms in total. The summed E-state index contributed by atoms with van der Waals surface area (Å²) in [7, 11) is -3.62. The largest absolute Gasteiger partial charge is 0.330 e. The summed E-state index contributed by atoms with van der Waals surface area (Å²) in [5.41, 5.74) is 1.92. The first-order chi connectivity index (χ1) is 16.9. The van der Waals surface area contributed by atoms with Gasteiger partial charge in [-0.25, -0.2) is 8.42 Å². The number of hydrogen-bond donors (Lipinski definition) is 0. The maximum atomic E-state index is 13.3. The monoisotopic (exact) mass is 498 g/mol. The van der Waals surface area contributed by atoms with Gasteiger partial charge in [-0.05, 0) is 89.1 Å². The van der Waals surface area contributed by atoms with E-state index in [0.29, 0.717) is 9.79 Å². The number of nitrogens with zero attached hydrogens (tertiary/aromatic N) is 4. The fourth-order valence-corrected chi connectivity index (χ4v) is 5.45. The third-order valence-electron chi connectivity index (χ3n) is 5.80. The molecule has 0 bridgehead atoms. The molecule has 0 atom stereocenters. The second kappa shape index (κ2) is 14.0. The van der Waals surface area contributed by atoms with Crippen LogP contribution in [0.2, 0.25) is 0 Å². The van der Waals surface area contributed by atoms with Gasteiger partial charge in [-0.1, -0.05) is 13.8 Å². The van der Waals surface area contributed by atoms with Crippen LogP contribution in [-0.4, -0.2) is 46.3 Å². The quantitative estimate of drug-likeness (QED) is 0.244. The molecule has 0 N–H and O–H groups in total. The van der Waals surface area contributed by atoms with E-state index in [0.717, 1.165) is 74.9 Å². The van der Waals surface area contributed by atoms with E-state index in [1.807, 2.05) is 38.1 Å². The number of sulfone groups is 1. The van der Waals surface area contributed by atoms with Crippen LogP contribution in [0.15, 0.2) is 68.3 Å². The Morgan fingerprint density at radius 2 is 0.971 bits per heavy atom. The van der Waals surface area contributed by atoms with Gasteiger partial charge in [0.2, 0.25) is 9.84 Å². The molecule has 7 heteroatoms. The van der Waals surface area contributed by atoms with E-state index in [-0.39, 0.29) is 0 Å². The van der Waals surface area contributed by atoms with Crippen LogP contribution in [-0.2, 0) is 9.84 Å². The van der Waals surface area contributed by atoms with Crippen molar-refractivity contribution < 1.29 is 8.42 Å². The average Bonchev–Trinajstić information content (AvgIpc) is 2.86. The zero-order valence-electron chi connectivity index (χ0n) is 22.3.